The Morgan fingerprint density at radius 2 is 2.14 bits per heavy atom. The second-order valence-electron chi connectivity index (χ2n) is 2.89. The molecule has 0 unspecified atom stereocenters. The molecule has 0 aliphatic carbocycles. The van der Waals surface area contributed by atoms with E-state index in [4.69, 9.17) is 4.74 Å². The summed E-state index contributed by atoms with van der Waals surface area (Å²) in [5.74, 6) is 0.943. The number of hydrogen-bond acceptors (Lipinski definition) is 2. The third-order valence-electron chi connectivity index (χ3n) is 1.97. The zero-order valence-corrected chi connectivity index (χ0v) is 9.98. The second-order valence-corrected chi connectivity index (χ2v) is 4.05. The molecule has 2 nitrogen and oxygen atoms in total. The molecule has 1 heterocycles. The molecule has 1 aromatic heterocycles. The third kappa shape index (κ3) is 1.68. The largest absolute Gasteiger partial charge is 0.492 e. The molecule has 0 aliphatic rings. The molecule has 0 fully saturated rings. The van der Waals surface area contributed by atoms with Crippen LogP contribution in [0.25, 0.3) is 10.9 Å². The topological polar surface area (TPSA) is 22.1 Å². The Bertz CT molecular complexity index is 456. The van der Waals surface area contributed by atoms with E-state index in [0.29, 0.717) is 6.61 Å². The fourth-order valence-corrected chi connectivity index (χ4v) is 1.97. The Hall–Kier alpha value is -0.840. The van der Waals surface area contributed by atoms with Crippen LogP contribution in [-0.2, 0) is 0 Å². The molecule has 3 heteroatoms. The van der Waals surface area contributed by atoms with Gasteiger partial charge in [-0.1, -0.05) is 12.1 Å². The number of pyridine rings is 1. The van der Waals surface area contributed by atoms with Gasteiger partial charge in [0.1, 0.15) is 5.75 Å². The highest BCUT2D eigenvalue weighted by molar-refractivity contribution is 14.1. The maximum atomic E-state index is 5.60. The summed E-state index contributed by atoms with van der Waals surface area (Å²) in [6.07, 6.45) is 1.84. The van der Waals surface area contributed by atoms with Crippen molar-refractivity contribution in [2.45, 2.75) is 6.92 Å². The highest BCUT2D eigenvalue weighted by atomic mass is 127. The number of hydrogen-bond donors (Lipinski definition) is 0. The van der Waals surface area contributed by atoms with Gasteiger partial charge >= 0.3 is 0 Å². The van der Waals surface area contributed by atoms with Gasteiger partial charge < -0.3 is 4.74 Å². The van der Waals surface area contributed by atoms with E-state index in [1.165, 1.54) is 0 Å². The van der Waals surface area contributed by atoms with Gasteiger partial charge in [0.2, 0.25) is 0 Å². The van der Waals surface area contributed by atoms with E-state index < -0.39 is 0 Å². The molecule has 2 rings (SSSR count). The number of ether oxygens (including phenoxy) is 1. The Morgan fingerprint density at radius 1 is 1.36 bits per heavy atom. The number of nitrogens with zero attached hydrogens (tertiary/aromatic N) is 1. The maximum Gasteiger partial charge on any atom is 0.143 e. The summed E-state index contributed by atoms with van der Waals surface area (Å²) < 4.78 is 6.66. The van der Waals surface area contributed by atoms with Crippen molar-refractivity contribution in [3.63, 3.8) is 0 Å². The van der Waals surface area contributed by atoms with Crippen LogP contribution in [0.2, 0.25) is 0 Å². The monoisotopic (exact) mass is 299 g/mol. The van der Waals surface area contributed by atoms with Crippen molar-refractivity contribution in [3.8, 4) is 5.75 Å². The zero-order valence-electron chi connectivity index (χ0n) is 7.83. The molecule has 72 valence electrons. The highest BCUT2D eigenvalue weighted by Gasteiger charge is 2.06. The van der Waals surface area contributed by atoms with Crippen LogP contribution >= 0.6 is 22.6 Å². The van der Waals surface area contributed by atoms with Gasteiger partial charge in [0.15, 0.2) is 0 Å². The van der Waals surface area contributed by atoms with E-state index in [1.54, 1.807) is 0 Å². The summed E-state index contributed by atoms with van der Waals surface area (Å²) in [5.41, 5.74) is 0.983. The first-order chi connectivity index (χ1) is 6.83. The molecular weight excluding hydrogens is 289 g/mol. The lowest BCUT2D eigenvalue weighted by atomic mass is 10.2. The summed E-state index contributed by atoms with van der Waals surface area (Å²) in [4.78, 5) is 4.34. The van der Waals surface area contributed by atoms with Gasteiger partial charge in [-0.05, 0) is 41.6 Å². The molecule has 0 aliphatic heterocycles. The highest BCUT2D eigenvalue weighted by Crippen LogP contribution is 2.28. The molecule has 2 aromatic rings. The predicted octanol–water partition coefficient (Wildman–Crippen LogP) is 3.24. The average molecular weight is 299 g/mol. The van der Waals surface area contributed by atoms with Crippen LogP contribution in [0.4, 0.5) is 0 Å². The van der Waals surface area contributed by atoms with Crippen LogP contribution < -0.4 is 4.74 Å². The number of halogens is 1. The van der Waals surface area contributed by atoms with Crippen molar-refractivity contribution in [2.24, 2.45) is 0 Å². The van der Waals surface area contributed by atoms with E-state index in [0.717, 1.165) is 20.2 Å². The quantitative estimate of drug-likeness (QED) is 0.794. The van der Waals surface area contributed by atoms with Crippen molar-refractivity contribution in [3.05, 3.63) is 34.0 Å². The first-order valence-electron chi connectivity index (χ1n) is 4.49. The van der Waals surface area contributed by atoms with Gasteiger partial charge in [0.25, 0.3) is 0 Å². The molecule has 0 saturated heterocycles. The van der Waals surface area contributed by atoms with Crippen molar-refractivity contribution >= 4 is 33.5 Å². The molecule has 0 radical (unpaired) electrons. The first kappa shape index (κ1) is 9.71. The van der Waals surface area contributed by atoms with E-state index in [-0.39, 0.29) is 0 Å². The molecule has 0 bridgehead atoms. The van der Waals surface area contributed by atoms with E-state index in [1.807, 2.05) is 37.4 Å². The number of aromatic nitrogens is 1. The van der Waals surface area contributed by atoms with Crippen LogP contribution in [0.1, 0.15) is 6.92 Å². The summed E-state index contributed by atoms with van der Waals surface area (Å²) in [5, 5.41) is 1.08. The minimum Gasteiger partial charge on any atom is -0.492 e. The van der Waals surface area contributed by atoms with Gasteiger partial charge in [-0.25, -0.2) is 0 Å². The molecule has 0 spiro atoms. The molecule has 1 aromatic carbocycles. The third-order valence-corrected chi connectivity index (χ3v) is 2.74. The Morgan fingerprint density at radius 3 is 2.93 bits per heavy atom. The standard InChI is InChI=1S/C11H10INO/c1-2-14-11-8-5-3-4-6-10(8)13-7-9(11)12/h3-7H,2H2,1H3. The van der Waals surface area contributed by atoms with Crippen LogP contribution in [0, 0.1) is 3.57 Å². The molecule has 14 heavy (non-hydrogen) atoms. The van der Waals surface area contributed by atoms with Crippen LogP contribution in [0.3, 0.4) is 0 Å². The molecule has 0 saturated carbocycles. The van der Waals surface area contributed by atoms with Gasteiger partial charge in [0.05, 0.1) is 15.7 Å². The minimum atomic E-state index is 0.685. The lowest BCUT2D eigenvalue weighted by Crippen LogP contribution is -1.96. The average Bonchev–Trinajstić information content (AvgIpc) is 2.23. The minimum absolute atomic E-state index is 0.685. The molecule has 0 amide bonds. The van der Waals surface area contributed by atoms with Gasteiger partial charge in [0, 0.05) is 11.6 Å². The first-order valence-corrected chi connectivity index (χ1v) is 5.57. The molecule has 0 atom stereocenters. The lowest BCUT2D eigenvalue weighted by Gasteiger charge is -2.08. The van der Waals surface area contributed by atoms with Crippen LogP contribution in [-0.4, -0.2) is 11.6 Å². The molecule has 0 N–H and O–H groups in total. The van der Waals surface area contributed by atoms with Gasteiger partial charge in [-0.3, -0.25) is 4.98 Å². The fraction of sp³-hybridized carbons (Fsp3) is 0.182. The summed E-state index contributed by atoms with van der Waals surface area (Å²) in [6, 6.07) is 8.02. The Kier molecular flexibility index (Phi) is 2.86. The molecular formula is C11H10INO. The zero-order chi connectivity index (χ0) is 9.97. The van der Waals surface area contributed by atoms with Crippen LogP contribution in [0.5, 0.6) is 5.75 Å². The smallest absolute Gasteiger partial charge is 0.143 e. The fourth-order valence-electron chi connectivity index (χ4n) is 1.38. The van der Waals surface area contributed by atoms with Crippen molar-refractivity contribution in [2.75, 3.05) is 6.61 Å². The maximum absolute atomic E-state index is 5.60. The van der Waals surface area contributed by atoms with E-state index in [9.17, 15) is 0 Å². The Labute approximate surface area is 96.4 Å². The van der Waals surface area contributed by atoms with Crippen molar-refractivity contribution < 1.29 is 4.74 Å². The van der Waals surface area contributed by atoms with E-state index in [2.05, 4.69) is 27.6 Å². The normalized spacial score (nSPS) is 10.4. The van der Waals surface area contributed by atoms with Gasteiger partial charge in [-0.2, -0.15) is 0 Å². The summed E-state index contributed by atoms with van der Waals surface area (Å²) in [6.45, 7) is 2.68. The second kappa shape index (κ2) is 4.13. The predicted molar refractivity (Wildman–Crippen MR) is 65.6 cm³/mol. The summed E-state index contributed by atoms with van der Waals surface area (Å²) >= 11 is 2.24. The van der Waals surface area contributed by atoms with Crippen LogP contribution in [0.15, 0.2) is 30.5 Å². The Balaban J connectivity index is 2.69. The van der Waals surface area contributed by atoms with Crippen molar-refractivity contribution in [1.29, 1.82) is 0 Å². The number of para-hydroxylation sites is 1. The summed E-state index contributed by atoms with van der Waals surface area (Å²) in [7, 11) is 0. The number of benzene rings is 1. The lowest BCUT2D eigenvalue weighted by molar-refractivity contribution is 0.342. The SMILES string of the molecule is CCOc1c(I)cnc2ccccc12. The number of fused-ring (bicyclic) bond motifs is 1. The number of rotatable bonds is 2. The van der Waals surface area contributed by atoms with Gasteiger partial charge in [-0.15, -0.1) is 0 Å². The van der Waals surface area contributed by atoms with Crippen molar-refractivity contribution in [1.82, 2.24) is 4.98 Å². The van der Waals surface area contributed by atoms with E-state index >= 15 is 0 Å².